The Morgan fingerprint density at radius 3 is 2.62 bits per heavy atom. The molecule has 1 aliphatic rings. The normalized spacial score (nSPS) is 16.6. The molecule has 126 valence electrons. The van der Waals surface area contributed by atoms with Crippen molar-refractivity contribution in [2.75, 3.05) is 18.2 Å². The zero-order chi connectivity index (χ0) is 17.2. The molecular weight excluding hydrogens is 328 g/mol. The fraction of sp³-hybridized carbons (Fsp3) is 0.235. The van der Waals surface area contributed by atoms with Crippen LogP contribution in [0.15, 0.2) is 53.4 Å². The van der Waals surface area contributed by atoms with Gasteiger partial charge in [-0.25, -0.2) is 13.2 Å². The van der Waals surface area contributed by atoms with Crippen molar-refractivity contribution in [1.29, 1.82) is 0 Å². The molecule has 1 atom stereocenters. The number of hydrogen-bond acceptors (Lipinski definition) is 4. The number of carbonyl (C=O) groups is 1. The molecule has 0 spiro atoms. The standard InChI is InChI=1S/C17H18N2O4S/c1-24(21,22)16-9-5-3-7-14(16)19-17(20)18-13-10-11-23-15-8-4-2-6-12(13)15/h2-9,13H,10-11H2,1H3,(H2,18,19,20). The Hall–Kier alpha value is -2.54. The zero-order valence-electron chi connectivity index (χ0n) is 13.2. The summed E-state index contributed by atoms with van der Waals surface area (Å²) in [6, 6.07) is 13.2. The van der Waals surface area contributed by atoms with E-state index in [9.17, 15) is 13.2 Å². The topological polar surface area (TPSA) is 84.5 Å². The lowest BCUT2D eigenvalue weighted by Crippen LogP contribution is -2.35. The van der Waals surface area contributed by atoms with Crippen molar-refractivity contribution >= 4 is 21.6 Å². The molecule has 1 aliphatic heterocycles. The number of carbonyl (C=O) groups excluding carboxylic acids is 1. The molecule has 0 fully saturated rings. The summed E-state index contributed by atoms with van der Waals surface area (Å²) in [5.74, 6) is 0.755. The number of sulfone groups is 1. The summed E-state index contributed by atoms with van der Waals surface area (Å²) < 4.78 is 29.2. The third kappa shape index (κ3) is 3.51. The van der Waals surface area contributed by atoms with Gasteiger partial charge in [-0.2, -0.15) is 0 Å². The highest BCUT2D eigenvalue weighted by atomic mass is 32.2. The van der Waals surface area contributed by atoms with Crippen molar-refractivity contribution in [2.45, 2.75) is 17.4 Å². The number of urea groups is 1. The van der Waals surface area contributed by atoms with E-state index in [1.54, 1.807) is 18.2 Å². The van der Waals surface area contributed by atoms with Gasteiger partial charge in [0.15, 0.2) is 9.84 Å². The van der Waals surface area contributed by atoms with Gasteiger partial charge < -0.3 is 15.4 Å². The number of ether oxygens (including phenoxy) is 1. The van der Waals surface area contributed by atoms with E-state index < -0.39 is 15.9 Å². The van der Waals surface area contributed by atoms with E-state index in [2.05, 4.69) is 10.6 Å². The first-order valence-electron chi connectivity index (χ1n) is 7.53. The minimum atomic E-state index is -3.42. The molecule has 1 heterocycles. The van der Waals surface area contributed by atoms with Gasteiger partial charge in [0.05, 0.1) is 23.2 Å². The van der Waals surface area contributed by atoms with Crippen molar-refractivity contribution in [3.8, 4) is 5.75 Å². The van der Waals surface area contributed by atoms with Gasteiger partial charge in [0.1, 0.15) is 5.75 Å². The van der Waals surface area contributed by atoms with E-state index in [4.69, 9.17) is 4.74 Å². The number of nitrogens with one attached hydrogen (secondary N) is 2. The molecule has 0 bridgehead atoms. The number of para-hydroxylation sites is 2. The zero-order valence-corrected chi connectivity index (χ0v) is 14.0. The summed E-state index contributed by atoms with van der Waals surface area (Å²) in [7, 11) is -3.42. The molecule has 0 radical (unpaired) electrons. The maximum absolute atomic E-state index is 12.3. The van der Waals surface area contributed by atoms with Crippen LogP contribution in [-0.4, -0.2) is 27.3 Å². The Kier molecular flexibility index (Phi) is 4.44. The third-order valence-corrected chi connectivity index (χ3v) is 4.95. The van der Waals surface area contributed by atoms with Crippen molar-refractivity contribution in [2.24, 2.45) is 0 Å². The van der Waals surface area contributed by atoms with E-state index in [-0.39, 0.29) is 16.6 Å². The first kappa shape index (κ1) is 16.3. The van der Waals surface area contributed by atoms with Crippen LogP contribution in [0.1, 0.15) is 18.0 Å². The number of fused-ring (bicyclic) bond motifs is 1. The molecule has 3 rings (SSSR count). The molecule has 2 amide bonds. The van der Waals surface area contributed by atoms with Gasteiger partial charge in [0.2, 0.25) is 0 Å². The molecule has 2 aromatic carbocycles. The average molecular weight is 346 g/mol. The fourth-order valence-electron chi connectivity index (χ4n) is 2.70. The van der Waals surface area contributed by atoms with Gasteiger partial charge in [0.25, 0.3) is 0 Å². The number of anilines is 1. The lowest BCUT2D eigenvalue weighted by molar-refractivity contribution is 0.232. The Morgan fingerprint density at radius 1 is 1.12 bits per heavy atom. The largest absolute Gasteiger partial charge is 0.493 e. The van der Waals surface area contributed by atoms with Crippen molar-refractivity contribution < 1.29 is 17.9 Å². The average Bonchev–Trinajstić information content (AvgIpc) is 2.54. The summed E-state index contributed by atoms with van der Waals surface area (Å²) in [6.45, 7) is 0.516. The first-order chi connectivity index (χ1) is 11.4. The van der Waals surface area contributed by atoms with Crippen LogP contribution in [-0.2, 0) is 9.84 Å². The van der Waals surface area contributed by atoms with Crippen LogP contribution >= 0.6 is 0 Å². The van der Waals surface area contributed by atoms with Gasteiger partial charge in [-0.05, 0) is 18.2 Å². The Labute approximate surface area is 140 Å². The second-order valence-electron chi connectivity index (χ2n) is 5.59. The summed E-state index contributed by atoms with van der Waals surface area (Å²) in [6.07, 6.45) is 1.76. The van der Waals surface area contributed by atoms with Gasteiger partial charge in [0, 0.05) is 18.2 Å². The highest BCUT2D eigenvalue weighted by molar-refractivity contribution is 7.90. The van der Waals surface area contributed by atoms with Crippen LogP contribution in [0.2, 0.25) is 0 Å². The predicted octanol–water partition coefficient (Wildman–Crippen LogP) is 2.74. The lowest BCUT2D eigenvalue weighted by atomic mass is 10.0. The van der Waals surface area contributed by atoms with Crippen molar-refractivity contribution in [3.63, 3.8) is 0 Å². The Balaban J connectivity index is 1.77. The molecule has 7 heteroatoms. The summed E-state index contributed by atoms with van der Waals surface area (Å²) in [5.41, 5.74) is 1.17. The number of amides is 2. The van der Waals surface area contributed by atoms with Gasteiger partial charge in [-0.15, -0.1) is 0 Å². The van der Waals surface area contributed by atoms with E-state index in [1.807, 2.05) is 24.3 Å². The quantitative estimate of drug-likeness (QED) is 0.895. The molecular formula is C17H18N2O4S. The monoisotopic (exact) mass is 346 g/mol. The van der Waals surface area contributed by atoms with Crippen LogP contribution < -0.4 is 15.4 Å². The SMILES string of the molecule is CS(=O)(=O)c1ccccc1NC(=O)NC1CCOc2ccccc21. The van der Waals surface area contributed by atoms with Gasteiger partial charge in [-0.3, -0.25) is 0 Å². The molecule has 1 unspecified atom stereocenters. The molecule has 24 heavy (non-hydrogen) atoms. The van der Waals surface area contributed by atoms with Crippen molar-refractivity contribution in [1.82, 2.24) is 5.32 Å². The molecule has 2 N–H and O–H groups in total. The fourth-order valence-corrected chi connectivity index (χ4v) is 3.55. The molecule has 0 saturated heterocycles. The molecule has 0 aliphatic carbocycles. The van der Waals surface area contributed by atoms with E-state index >= 15 is 0 Å². The smallest absolute Gasteiger partial charge is 0.319 e. The molecule has 2 aromatic rings. The molecule has 0 saturated carbocycles. The van der Waals surface area contributed by atoms with Crippen molar-refractivity contribution in [3.05, 3.63) is 54.1 Å². The summed E-state index contributed by atoms with van der Waals surface area (Å²) >= 11 is 0. The second kappa shape index (κ2) is 6.52. The van der Waals surface area contributed by atoms with Gasteiger partial charge >= 0.3 is 6.03 Å². The maximum Gasteiger partial charge on any atom is 0.319 e. The third-order valence-electron chi connectivity index (χ3n) is 3.80. The maximum atomic E-state index is 12.3. The van der Waals surface area contributed by atoms with E-state index in [1.165, 1.54) is 6.07 Å². The number of hydrogen-bond donors (Lipinski definition) is 2. The minimum Gasteiger partial charge on any atom is -0.493 e. The van der Waals surface area contributed by atoms with Gasteiger partial charge in [-0.1, -0.05) is 30.3 Å². The highest BCUT2D eigenvalue weighted by Crippen LogP contribution is 2.31. The van der Waals surface area contributed by atoms with E-state index in [0.29, 0.717) is 13.0 Å². The molecule has 0 aromatic heterocycles. The van der Waals surface area contributed by atoms with E-state index in [0.717, 1.165) is 17.6 Å². The summed E-state index contributed by atoms with van der Waals surface area (Å²) in [4.78, 5) is 12.4. The Bertz CT molecular complexity index is 864. The van der Waals surface area contributed by atoms with Crippen LogP contribution in [0.5, 0.6) is 5.75 Å². The molecule has 6 nitrogen and oxygen atoms in total. The summed E-state index contributed by atoms with van der Waals surface area (Å²) in [5, 5.41) is 5.50. The lowest BCUT2D eigenvalue weighted by Gasteiger charge is -2.26. The first-order valence-corrected chi connectivity index (χ1v) is 9.42. The van der Waals surface area contributed by atoms with Crippen LogP contribution in [0.25, 0.3) is 0 Å². The Morgan fingerprint density at radius 2 is 1.83 bits per heavy atom. The highest BCUT2D eigenvalue weighted by Gasteiger charge is 2.23. The number of benzene rings is 2. The predicted molar refractivity (Wildman–Crippen MR) is 91.0 cm³/mol. The second-order valence-corrected chi connectivity index (χ2v) is 7.58. The number of rotatable bonds is 3. The van der Waals surface area contributed by atoms with Crippen LogP contribution in [0.3, 0.4) is 0 Å². The van der Waals surface area contributed by atoms with Crippen LogP contribution in [0, 0.1) is 0 Å². The minimum absolute atomic E-state index is 0.0903. The van der Waals surface area contributed by atoms with Crippen LogP contribution in [0.4, 0.5) is 10.5 Å².